The number of imidazole rings is 1. The highest BCUT2D eigenvalue weighted by Crippen LogP contribution is 2.26. The number of fused-ring (bicyclic) bond motifs is 1. The average molecular weight is 410 g/mol. The molecule has 0 aliphatic carbocycles. The Kier molecular flexibility index (Phi) is 4.81. The topological polar surface area (TPSA) is 104 Å². The van der Waals surface area contributed by atoms with Crippen molar-refractivity contribution in [3.8, 4) is 0 Å². The first-order chi connectivity index (χ1) is 11.5. The predicted molar refractivity (Wildman–Crippen MR) is 94.2 cm³/mol. The number of ether oxygens (including phenoxy) is 1. The minimum atomic E-state index is -0.465. The maximum absolute atomic E-state index is 11.9. The fourth-order valence-corrected chi connectivity index (χ4v) is 3.22. The van der Waals surface area contributed by atoms with Gasteiger partial charge in [-0.05, 0) is 39.5 Å². The van der Waals surface area contributed by atoms with Crippen molar-refractivity contribution < 1.29 is 14.3 Å². The van der Waals surface area contributed by atoms with Gasteiger partial charge in [0.2, 0.25) is 0 Å². The number of rotatable bonds is 5. The van der Waals surface area contributed by atoms with Gasteiger partial charge in [0.15, 0.2) is 6.61 Å². The summed E-state index contributed by atoms with van der Waals surface area (Å²) in [6.45, 7) is -0.377. The number of H-pyrrole nitrogens is 2. The number of anilines is 1. The van der Waals surface area contributed by atoms with Gasteiger partial charge in [-0.2, -0.15) is 0 Å². The zero-order chi connectivity index (χ0) is 17.1. The number of amides is 1. The zero-order valence-corrected chi connectivity index (χ0v) is 14.6. The van der Waals surface area contributed by atoms with Crippen molar-refractivity contribution in [2.45, 2.75) is 6.42 Å². The molecule has 0 fully saturated rings. The van der Waals surface area contributed by atoms with Gasteiger partial charge in [0.25, 0.3) is 5.91 Å². The Bertz CT molecular complexity index is 945. The van der Waals surface area contributed by atoms with E-state index in [1.54, 1.807) is 12.1 Å². The molecule has 3 rings (SSSR count). The summed E-state index contributed by atoms with van der Waals surface area (Å²) in [7, 11) is 0. The number of thiophene rings is 1. The number of aromatic nitrogens is 2. The minimum absolute atomic E-state index is 0.144. The summed E-state index contributed by atoms with van der Waals surface area (Å²) in [5.74, 6) is -0.926. The van der Waals surface area contributed by atoms with Gasteiger partial charge >= 0.3 is 11.7 Å². The second kappa shape index (κ2) is 7.02. The van der Waals surface area contributed by atoms with Crippen LogP contribution in [-0.2, 0) is 20.7 Å². The molecule has 0 radical (unpaired) electrons. The van der Waals surface area contributed by atoms with Crippen LogP contribution in [-0.4, -0.2) is 28.5 Å². The van der Waals surface area contributed by atoms with Crippen LogP contribution in [0, 0.1) is 0 Å². The smallest absolute Gasteiger partial charge is 0.323 e. The van der Waals surface area contributed by atoms with Gasteiger partial charge in [-0.15, -0.1) is 11.3 Å². The van der Waals surface area contributed by atoms with Gasteiger partial charge in [0.05, 0.1) is 23.1 Å². The molecular formula is C15H12BrN3O4S. The second-order valence-electron chi connectivity index (χ2n) is 4.92. The van der Waals surface area contributed by atoms with Gasteiger partial charge in [0, 0.05) is 9.35 Å². The molecule has 24 heavy (non-hydrogen) atoms. The van der Waals surface area contributed by atoms with Gasteiger partial charge in [0.1, 0.15) is 0 Å². The van der Waals surface area contributed by atoms with E-state index in [1.165, 1.54) is 11.3 Å². The van der Waals surface area contributed by atoms with E-state index < -0.39 is 11.9 Å². The normalized spacial score (nSPS) is 10.7. The maximum atomic E-state index is 11.9. The molecule has 9 heteroatoms. The van der Waals surface area contributed by atoms with Crippen LogP contribution in [0.3, 0.4) is 0 Å². The molecule has 0 saturated heterocycles. The Labute approximate surface area is 148 Å². The number of nitrogens with one attached hydrogen (secondary N) is 3. The summed E-state index contributed by atoms with van der Waals surface area (Å²) in [4.78, 5) is 41.0. The van der Waals surface area contributed by atoms with Gasteiger partial charge < -0.3 is 20.0 Å². The summed E-state index contributed by atoms with van der Waals surface area (Å²) in [6, 6.07) is 6.96. The molecule has 1 amide bonds. The molecular weight excluding hydrogens is 398 g/mol. The van der Waals surface area contributed by atoms with Crippen LogP contribution in [0.4, 0.5) is 5.69 Å². The van der Waals surface area contributed by atoms with Crippen LogP contribution in [0.1, 0.15) is 4.88 Å². The fourth-order valence-electron chi connectivity index (χ4n) is 2.09. The first kappa shape index (κ1) is 16.5. The summed E-state index contributed by atoms with van der Waals surface area (Å²) in [6.07, 6.45) is 0.144. The summed E-state index contributed by atoms with van der Waals surface area (Å²) >= 11 is 4.77. The molecule has 0 aliphatic heterocycles. The molecule has 7 nitrogen and oxygen atoms in total. The molecule has 1 aromatic carbocycles. The number of halogens is 1. The summed E-state index contributed by atoms with van der Waals surface area (Å²) in [5, 5.41) is 4.50. The lowest BCUT2D eigenvalue weighted by Crippen LogP contribution is -2.21. The molecule has 0 unspecified atom stereocenters. The van der Waals surface area contributed by atoms with Crippen LogP contribution in [0.5, 0.6) is 0 Å². The lowest BCUT2D eigenvalue weighted by atomic mass is 10.2. The van der Waals surface area contributed by atoms with Gasteiger partial charge in [-0.1, -0.05) is 6.07 Å². The van der Waals surface area contributed by atoms with Crippen LogP contribution in [0.2, 0.25) is 0 Å². The SMILES string of the molecule is O=C(COC(=O)Cc1cccs1)Nc1cc2[nH]c(=O)[nH]c2cc1Br. The third-order valence-corrected chi connectivity index (χ3v) is 4.67. The number of hydrogen-bond donors (Lipinski definition) is 3. The summed E-state index contributed by atoms with van der Waals surface area (Å²) < 4.78 is 5.56. The molecule has 0 aliphatic rings. The van der Waals surface area contributed by atoms with Crippen molar-refractivity contribution in [3.05, 3.63) is 49.5 Å². The van der Waals surface area contributed by atoms with Crippen LogP contribution < -0.4 is 11.0 Å². The molecule has 3 N–H and O–H groups in total. The van der Waals surface area contributed by atoms with Crippen molar-refractivity contribution in [1.82, 2.24) is 9.97 Å². The van der Waals surface area contributed by atoms with Gasteiger partial charge in [-0.3, -0.25) is 9.59 Å². The van der Waals surface area contributed by atoms with Gasteiger partial charge in [-0.25, -0.2) is 4.79 Å². The van der Waals surface area contributed by atoms with Crippen LogP contribution in [0.25, 0.3) is 11.0 Å². The van der Waals surface area contributed by atoms with E-state index in [4.69, 9.17) is 4.74 Å². The Morgan fingerprint density at radius 2 is 2.00 bits per heavy atom. The largest absolute Gasteiger partial charge is 0.455 e. The molecule has 0 bridgehead atoms. The Hall–Kier alpha value is -2.39. The van der Waals surface area contributed by atoms with Crippen molar-refractivity contribution in [3.63, 3.8) is 0 Å². The monoisotopic (exact) mass is 409 g/mol. The molecule has 0 saturated carbocycles. The molecule has 2 aromatic heterocycles. The lowest BCUT2D eigenvalue weighted by molar-refractivity contribution is -0.146. The maximum Gasteiger partial charge on any atom is 0.323 e. The summed E-state index contributed by atoms with van der Waals surface area (Å²) in [5.41, 5.74) is 1.32. The number of aromatic amines is 2. The predicted octanol–water partition coefficient (Wildman–Crippen LogP) is 2.40. The number of benzene rings is 1. The molecule has 124 valence electrons. The van der Waals surface area contributed by atoms with E-state index in [2.05, 4.69) is 31.2 Å². The highest BCUT2D eigenvalue weighted by atomic mass is 79.9. The third kappa shape index (κ3) is 3.92. The molecule has 2 heterocycles. The highest BCUT2D eigenvalue weighted by Gasteiger charge is 2.12. The minimum Gasteiger partial charge on any atom is -0.455 e. The Morgan fingerprint density at radius 1 is 1.25 bits per heavy atom. The van der Waals surface area contributed by atoms with E-state index in [1.807, 2.05) is 17.5 Å². The van der Waals surface area contributed by atoms with Crippen LogP contribution >= 0.6 is 27.3 Å². The van der Waals surface area contributed by atoms with Crippen LogP contribution in [0.15, 0.2) is 38.9 Å². The van der Waals surface area contributed by atoms with E-state index in [9.17, 15) is 14.4 Å². The quantitative estimate of drug-likeness (QED) is 0.562. The fraction of sp³-hybridized carbons (Fsp3) is 0.133. The second-order valence-corrected chi connectivity index (χ2v) is 6.81. The third-order valence-electron chi connectivity index (χ3n) is 3.14. The van der Waals surface area contributed by atoms with E-state index in [0.717, 1.165) is 4.88 Å². The number of esters is 1. The number of carbonyl (C=O) groups is 2. The molecule has 3 aromatic rings. The van der Waals surface area contributed by atoms with Crippen molar-refractivity contribution in [1.29, 1.82) is 0 Å². The first-order valence-corrected chi connectivity index (χ1v) is 8.58. The zero-order valence-electron chi connectivity index (χ0n) is 12.2. The van der Waals surface area contributed by atoms with E-state index >= 15 is 0 Å². The van der Waals surface area contributed by atoms with Crippen molar-refractivity contribution >= 4 is 55.9 Å². The van der Waals surface area contributed by atoms with Crippen molar-refractivity contribution in [2.75, 3.05) is 11.9 Å². The average Bonchev–Trinajstić information content (AvgIpc) is 3.14. The number of carbonyl (C=O) groups excluding carboxylic acids is 2. The Balaban J connectivity index is 1.59. The molecule has 0 atom stereocenters. The first-order valence-electron chi connectivity index (χ1n) is 6.90. The Morgan fingerprint density at radius 3 is 2.71 bits per heavy atom. The van der Waals surface area contributed by atoms with Crippen molar-refractivity contribution in [2.24, 2.45) is 0 Å². The van der Waals surface area contributed by atoms with E-state index in [0.29, 0.717) is 21.2 Å². The highest BCUT2D eigenvalue weighted by molar-refractivity contribution is 9.10. The standard InChI is InChI=1S/C15H12BrN3O4S/c16-9-5-11-12(19-15(22)18-11)6-10(9)17-13(20)7-23-14(21)4-8-2-1-3-24-8/h1-3,5-6H,4,7H2,(H,17,20)(H2,18,19,22). The lowest BCUT2D eigenvalue weighted by Gasteiger charge is -2.08. The number of hydrogen-bond acceptors (Lipinski definition) is 5. The van der Waals surface area contributed by atoms with E-state index in [-0.39, 0.29) is 18.7 Å². The molecule has 0 spiro atoms.